The Labute approximate surface area is 96.5 Å². The molecule has 0 aliphatic heterocycles. The third-order valence-electron chi connectivity index (χ3n) is 2.42. The van der Waals surface area contributed by atoms with Gasteiger partial charge in [0.2, 0.25) is 0 Å². The second kappa shape index (κ2) is 8.85. The van der Waals surface area contributed by atoms with E-state index < -0.39 is 6.09 Å². The number of hydrogen-bond donors (Lipinski definition) is 2. The number of carboxylic acid groups (broad SMARTS) is 1. The van der Waals surface area contributed by atoms with Crippen molar-refractivity contribution < 1.29 is 9.90 Å². The molecule has 0 saturated carbocycles. The van der Waals surface area contributed by atoms with Crippen molar-refractivity contribution in [3.05, 3.63) is 0 Å². The lowest BCUT2D eigenvalue weighted by molar-refractivity contribution is 0.160. The predicted molar refractivity (Wildman–Crippen MR) is 64.5 cm³/mol. The van der Waals surface area contributed by atoms with E-state index >= 15 is 0 Å². The predicted octanol–water partition coefficient (Wildman–Crippen LogP) is 3.24. The van der Waals surface area contributed by atoms with Crippen LogP contribution in [0.2, 0.25) is 0 Å². The van der Waals surface area contributed by atoms with E-state index in [4.69, 9.17) is 10.2 Å². The standard InChI is InChI=1S/C10H22N2O2S/c1-3-5-7-9(8-6-4-2)12(15-11)10(13)14/h9H,3-8,11H2,1-2H3,(H,13,14). The van der Waals surface area contributed by atoms with E-state index in [9.17, 15) is 4.79 Å². The normalized spacial score (nSPS) is 10.7. The van der Waals surface area contributed by atoms with Crippen molar-refractivity contribution in [1.29, 1.82) is 0 Å². The highest BCUT2D eigenvalue weighted by Gasteiger charge is 2.22. The maximum Gasteiger partial charge on any atom is 0.418 e. The Morgan fingerprint density at radius 2 is 1.80 bits per heavy atom. The second-order valence-electron chi connectivity index (χ2n) is 3.65. The lowest BCUT2D eigenvalue weighted by Gasteiger charge is -2.26. The van der Waals surface area contributed by atoms with E-state index in [2.05, 4.69) is 13.8 Å². The van der Waals surface area contributed by atoms with Gasteiger partial charge in [-0.05, 0) is 12.8 Å². The lowest BCUT2D eigenvalue weighted by atomic mass is 10.0. The molecule has 0 heterocycles. The Balaban J connectivity index is 4.22. The quantitative estimate of drug-likeness (QED) is 0.633. The van der Waals surface area contributed by atoms with Crippen LogP contribution in [0.25, 0.3) is 0 Å². The number of rotatable bonds is 8. The van der Waals surface area contributed by atoms with E-state index in [1.807, 2.05) is 0 Å². The summed E-state index contributed by atoms with van der Waals surface area (Å²) in [5.74, 6) is 0. The summed E-state index contributed by atoms with van der Waals surface area (Å²) < 4.78 is 1.28. The SMILES string of the molecule is CCCCC(CCCC)N(SN)C(=O)O. The molecule has 5 heteroatoms. The van der Waals surface area contributed by atoms with E-state index in [1.165, 1.54) is 4.31 Å². The number of hydrogen-bond acceptors (Lipinski definition) is 3. The first-order valence-corrected chi connectivity index (χ1v) is 6.40. The molecule has 1 amide bonds. The Hall–Kier alpha value is -0.420. The largest absolute Gasteiger partial charge is 0.464 e. The molecule has 4 nitrogen and oxygen atoms in total. The smallest absolute Gasteiger partial charge is 0.418 e. The summed E-state index contributed by atoms with van der Waals surface area (Å²) in [6.07, 6.45) is 5.17. The Kier molecular flexibility index (Phi) is 8.61. The van der Waals surface area contributed by atoms with Crippen LogP contribution in [-0.2, 0) is 0 Å². The molecule has 0 aliphatic rings. The van der Waals surface area contributed by atoms with Gasteiger partial charge in [0.15, 0.2) is 0 Å². The summed E-state index contributed by atoms with van der Waals surface area (Å²) in [4.78, 5) is 10.9. The third kappa shape index (κ3) is 5.89. The number of carbonyl (C=O) groups is 1. The van der Waals surface area contributed by atoms with Crippen molar-refractivity contribution in [2.24, 2.45) is 5.14 Å². The van der Waals surface area contributed by atoms with Gasteiger partial charge in [-0.25, -0.2) is 9.10 Å². The van der Waals surface area contributed by atoms with Gasteiger partial charge in [-0.2, -0.15) is 0 Å². The zero-order chi connectivity index (χ0) is 11.7. The van der Waals surface area contributed by atoms with Gasteiger partial charge >= 0.3 is 6.09 Å². The van der Waals surface area contributed by atoms with Crippen LogP contribution >= 0.6 is 12.1 Å². The minimum Gasteiger partial charge on any atom is -0.464 e. The van der Waals surface area contributed by atoms with E-state index in [1.54, 1.807) is 0 Å². The first kappa shape index (κ1) is 14.6. The molecule has 0 aliphatic carbocycles. The molecular formula is C10H22N2O2S. The van der Waals surface area contributed by atoms with Crippen molar-refractivity contribution in [3.8, 4) is 0 Å². The minimum atomic E-state index is -0.931. The van der Waals surface area contributed by atoms with Crippen molar-refractivity contribution in [2.75, 3.05) is 0 Å². The molecule has 3 N–H and O–H groups in total. The van der Waals surface area contributed by atoms with Gasteiger partial charge in [-0.15, -0.1) is 0 Å². The lowest BCUT2D eigenvalue weighted by Crippen LogP contribution is -2.35. The summed E-state index contributed by atoms with van der Waals surface area (Å²) in [6.45, 7) is 4.22. The average molecular weight is 234 g/mol. The molecule has 0 aromatic rings. The number of unbranched alkanes of at least 4 members (excludes halogenated alkanes) is 2. The van der Waals surface area contributed by atoms with Gasteiger partial charge in [0.25, 0.3) is 0 Å². The van der Waals surface area contributed by atoms with E-state index in [0.717, 1.165) is 50.7 Å². The van der Waals surface area contributed by atoms with Crippen LogP contribution in [0, 0.1) is 0 Å². The van der Waals surface area contributed by atoms with Crippen molar-refractivity contribution >= 4 is 18.2 Å². The zero-order valence-corrected chi connectivity index (χ0v) is 10.4. The van der Waals surface area contributed by atoms with Crippen LogP contribution in [0.3, 0.4) is 0 Å². The molecule has 0 saturated heterocycles. The maximum absolute atomic E-state index is 10.9. The van der Waals surface area contributed by atoms with Crippen LogP contribution < -0.4 is 5.14 Å². The third-order valence-corrected chi connectivity index (χ3v) is 3.10. The molecule has 0 aromatic carbocycles. The summed E-state index contributed by atoms with van der Waals surface area (Å²) in [7, 11) is 0. The Morgan fingerprint density at radius 3 is 2.07 bits per heavy atom. The fourth-order valence-electron chi connectivity index (χ4n) is 1.55. The molecule has 90 valence electrons. The van der Waals surface area contributed by atoms with Gasteiger partial charge in [0.05, 0.1) is 0 Å². The molecule has 0 fully saturated rings. The summed E-state index contributed by atoms with van der Waals surface area (Å²) in [5, 5.41) is 14.3. The summed E-state index contributed by atoms with van der Waals surface area (Å²) >= 11 is 0.821. The molecule has 0 radical (unpaired) electrons. The van der Waals surface area contributed by atoms with Crippen LogP contribution in [0.5, 0.6) is 0 Å². The monoisotopic (exact) mass is 234 g/mol. The topological polar surface area (TPSA) is 66.6 Å². The van der Waals surface area contributed by atoms with Gasteiger partial charge in [0, 0.05) is 18.2 Å². The molecular weight excluding hydrogens is 212 g/mol. The summed E-state index contributed by atoms with van der Waals surface area (Å²) in [5.41, 5.74) is 0. The van der Waals surface area contributed by atoms with E-state index in [-0.39, 0.29) is 6.04 Å². The van der Waals surface area contributed by atoms with Crippen LogP contribution in [-0.4, -0.2) is 21.5 Å². The van der Waals surface area contributed by atoms with Crippen molar-refractivity contribution in [3.63, 3.8) is 0 Å². The highest BCUT2D eigenvalue weighted by atomic mass is 32.2. The van der Waals surface area contributed by atoms with E-state index in [0.29, 0.717) is 0 Å². The van der Waals surface area contributed by atoms with Gasteiger partial charge in [-0.1, -0.05) is 39.5 Å². The Morgan fingerprint density at radius 1 is 1.33 bits per heavy atom. The highest BCUT2D eigenvalue weighted by molar-refractivity contribution is 7.95. The molecule has 0 unspecified atom stereocenters. The fourth-order valence-corrected chi connectivity index (χ4v) is 2.02. The van der Waals surface area contributed by atoms with Crippen LogP contribution in [0.4, 0.5) is 4.79 Å². The van der Waals surface area contributed by atoms with Crippen molar-refractivity contribution in [2.45, 2.75) is 58.4 Å². The van der Waals surface area contributed by atoms with Gasteiger partial charge in [0.1, 0.15) is 0 Å². The highest BCUT2D eigenvalue weighted by Crippen LogP contribution is 2.20. The zero-order valence-electron chi connectivity index (χ0n) is 9.61. The Bertz CT molecular complexity index is 171. The number of amides is 1. The van der Waals surface area contributed by atoms with Gasteiger partial charge < -0.3 is 5.11 Å². The molecule has 0 aromatic heterocycles. The first-order valence-electron chi connectivity index (χ1n) is 5.56. The maximum atomic E-state index is 10.9. The first-order chi connectivity index (χ1) is 7.17. The van der Waals surface area contributed by atoms with Crippen molar-refractivity contribution in [1.82, 2.24) is 4.31 Å². The summed E-state index contributed by atoms with van der Waals surface area (Å²) in [6, 6.07) is 0.0670. The van der Waals surface area contributed by atoms with Crippen LogP contribution in [0.15, 0.2) is 0 Å². The molecule has 0 rings (SSSR count). The average Bonchev–Trinajstić information content (AvgIpc) is 2.21. The molecule has 0 bridgehead atoms. The van der Waals surface area contributed by atoms with Crippen LogP contribution in [0.1, 0.15) is 52.4 Å². The minimum absolute atomic E-state index is 0.0670. The van der Waals surface area contributed by atoms with Gasteiger partial charge in [-0.3, -0.25) is 5.14 Å². The fraction of sp³-hybridized carbons (Fsp3) is 0.900. The number of nitrogens with zero attached hydrogens (tertiary/aromatic N) is 1. The molecule has 0 atom stereocenters. The second-order valence-corrected chi connectivity index (χ2v) is 4.26. The number of nitrogens with two attached hydrogens (primary N) is 1. The molecule has 15 heavy (non-hydrogen) atoms. The molecule has 0 spiro atoms.